The summed E-state index contributed by atoms with van der Waals surface area (Å²) in [6, 6.07) is 8.13. The molecule has 2 N–H and O–H groups in total. The van der Waals surface area contributed by atoms with E-state index in [4.69, 9.17) is 0 Å². The summed E-state index contributed by atoms with van der Waals surface area (Å²) in [7, 11) is 0. The third-order valence-corrected chi connectivity index (χ3v) is 4.02. The number of carboxylic acids is 1. The monoisotopic (exact) mass is 290 g/mol. The van der Waals surface area contributed by atoms with E-state index in [-0.39, 0.29) is 18.0 Å². The first-order chi connectivity index (χ1) is 9.90. The van der Waals surface area contributed by atoms with E-state index in [0.717, 1.165) is 18.4 Å². The van der Waals surface area contributed by atoms with Crippen molar-refractivity contribution in [1.29, 1.82) is 0 Å². The Morgan fingerprint density at radius 3 is 2.52 bits per heavy atom. The van der Waals surface area contributed by atoms with E-state index >= 15 is 0 Å². The molecule has 0 aliphatic carbocycles. The van der Waals surface area contributed by atoms with Gasteiger partial charge in [0.15, 0.2) is 0 Å². The summed E-state index contributed by atoms with van der Waals surface area (Å²) in [5.41, 5.74) is 0.686. The topological polar surface area (TPSA) is 69.6 Å². The predicted octanol–water partition coefficient (Wildman–Crippen LogP) is 2.27. The minimum Gasteiger partial charge on any atom is -0.480 e. The summed E-state index contributed by atoms with van der Waals surface area (Å²) in [6.45, 7) is 4.69. The number of urea groups is 1. The number of nitrogens with zero attached hydrogens (tertiary/aromatic N) is 1. The van der Waals surface area contributed by atoms with Crippen LogP contribution in [0.25, 0.3) is 0 Å². The Balaban J connectivity index is 2.03. The molecule has 0 saturated carbocycles. The van der Waals surface area contributed by atoms with Crippen molar-refractivity contribution in [3.63, 3.8) is 0 Å². The maximum absolute atomic E-state index is 12.3. The van der Waals surface area contributed by atoms with Gasteiger partial charge in [-0.3, -0.25) is 0 Å². The highest BCUT2D eigenvalue weighted by Gasteiger charge is 2.36. The highest BCUT2D eigenvalue weighted by Crippen LogP contribution is 2.28. The smallest absolute Gasteiger partial charge is 0.326 e. The Bertz CT molecular complexity index is 514. The van der Waals surface area contributed by atoms with Crippen LogP contribution >= 0.6 is 0 Å². The largest absolute Gasteiger partial charge is 0.480 e. The number of rotatable bonds is 4. The molecule has 2 rings (SSSR count). The average molecular weight is 290 g/mol. The van der Waals surface area contributed by atoms with Crippen LogP contribution in [0.4, 0.5) is 4.79 Å². The second-order valence-corrected chi connectivity index (χ2v) is 6.10. The van der Waals surface area contributed by atoms with E-state index in [2.05, 4.69) is 5.32 Å². The normalized spacial score (nSPS) is 18.3. The summed E-state index contributed by atoms with van der Waals surface area (Å²) in [5, 5.41) is 12.0. The fourth-order valence-corrected chi connectivity index (χ4v) is 2.76. The molecule has 0 unspecified atom stereocenters. The van der Waals surface area contributed by atoms with Gasteiger partial charge in [-0.1, -0.05) is 30.3 Å². The van der Waals surface area contributed by atoms with E-state index < -0.39 is 12.0 Å². The van der Waals surface area contributed by atoms with E-state index in [9.17, 15) is 14.7 Å². The molecule has 1 aliphatic rings. The number of amides is 2. The zero-order valence-electron chi connectivity index (χ0n) is 12.5. The Hall–Kier alpha value is -2.04. The number of likely N-dealkylation sites (tertiary alicyclic amines) is 1. The van der Waals surface area contributed by atoms with Crippen LogP contribution < -0.4 is 5.32 Å². The van der Waals surface area contributed by atoms with Gasteiger partial charge in [0.25, 0.3) is 0 Å². The first-order valence-electron chi connectivity index (χ1n) is 7.25. The maximum Gasteiger partial charge on any atom is 0.326 e. The second kappa shape index (κ2) is 6.16. The molecular weight excluding hydrogens is 268 g/mol. The standard InChI is InChI=1S/C16H22N2O3/c1-16(2)9-6-10-18(16)15(21)17-13(14(19)20)11-12-7-4-3-5-8-12/h3-5,7-8,13H,6,9-11H2,1-2H3,(H,17,21)(H,19,20)/t13-/m0/s1. The van der Waals surface area contributed by atoms with Gasteiger partial charge in [-0.05, 0) is 32.3 Å². The van der Waals surface area contributed by atoms with Crippen LogP contribution in [-0.2, 0) is 11.2 Å². The van der Waals surface area contributed by atoms with Gasteiger partial charge in [-0.15, -0.1) is 0 Å². The molecule has 1 fully saturated rings. The number of nitrogens with one attached hydrogen (secondary N) is 1. The molecule has 1 aromatic carbocycles. The average Bonchev–Trinajstić information content (AvgIpc) is 2.78. The Morgan fingerprint density at radius 1 is 1.33 bits per heavy atom. The lowest BCUT2D eigenvalue weighted by molar-refractivity contribution is -0.139. The van der Waals surface area contributed by atoms with Crippen molar-refractivity contribution < 1.29 is 14.7 Å². The molecule has 1 heterocycles. The highest BCUT2D eigenvalue weighted by molar-refractivity contribution is 5.83. The van der Waals surface area contributed by atoms with E-state index in [1.165, 1.54) is 0 Å². The van der Waals surface area contributed by atoms with Crippen LogP contribution in [0, 0.1) is 0 Å². The summed E-state index contributed by atoms with van der Waals surface area (Å²) in [4.78, 5) is 25.4. The predicted molar refractivity (Wildman–Crippen MR) is 80.1 cm³/mol. The number of carbonyl (C=O) groups is 2. The van der Waals surface area contributed by atoms with Gasteiger partial charge in [-0.2, -0.15) is 0 Å². The van der Waals surface area contributed by atoms with Crippen molar-refractivity contribution in [2.45, 2.75) is 44.7 Å². The fourth-order valence-electron chi connectivity index (χ4n) is 2.76. The fraction of sp³-hybridized carbons (Fsp3) is 0.500. The third kappa shape index (κ3) is 3.74. The first kappa shape index (κ1) is 15.4. The number of benzene rings is 1. The number of aliphatic carboxylic acids is 1. The maximum atomic E-state index is 12.3. The van der Waals surface area contributed by atoms with Crippen molar-refractivity contribution in [3.05, 3.63) is 35.9 Å². The van der Waals surface area contributed by atoms with E-state index in [1.54, 1.807) is 4.90 Å². The Morgan fingerprint density at radius 2 is 2.00 bits per heavy atom. The van der Waals surface area contributed by atoms with Crippen LogP contribution in [0.3, 0.4) is 0 Å². The summed E-state index contributed by atoms with van der Waals surface area (Å²) >= 11 is 0. The molecule has 1 aromatic rings. The van der Waals surface area contributed by atoms with Gasteiger partial charge in [0.1, 0.15) is 6.04 Å². The molecule has 114 valence electrons. The van der Waals surface area contributed by atoms with Crippen LogP contribution in [0.2, 0.25) is 0 Å². The lowest BCUT2D eigenvalue weighted by Crippen LogP contribution is -2.53. The van der Waals surface area contributed by atoms with Gasteiger partial charge in [0.2, 0.25) is 0 Å². The Labute approximate surface area is 125 Å². The van der Waals surface area contributed by atoms with Crippen LogP contribution in [0.15, 0.2) is 30.3 Å². The molecule has 0 bridgehead atoms. The molecule has 5 heteroatoms. The number of carboxylic acid groups (broad SMARTS) is 1. The molecule has 21 heavy (non-hydrogen) atoms. The molecule has 0 radical (unpaired) electrons. The molecule has 1 saturated heterocycles. The zero-order chi connectivity index (χ0) is 15.5. The van der Waals surface area contributed by atoms with Crippen LogP contribution in [0.1, 0.15) is 32.3 Å². The molecule has 5 nitrogen and oxygen atoms in total. The lowest BCUT2D eigenvalue weighted by Gasteiger charge is -2.32. The zero-order valence-corrected chi connectivity index (χ0v) is 12.5. The number of carbonyl (C=O) groups excluding carboxylic acids is 1. The summed E-state index contributed by atoms with van der Waals surface area (Å²) < 4.78 is 0. The van der Waals surface area contributed by atoms with Gasteiger partial charge in [0, 0.05) is 18.5 Å². The first-order valence-corrected chi connectivity index (χ1v) is 7.25. The number of hydrogen-bond donors (Lipinski definition) is 2. The minimum absolute atomic E-state index is 0.208. The number of hydrogen-bond acceptors (Lipinski definition) is 2. The Kier molecular flexibility index (Phi) is 4.50. The molecule has 1 atom stereocenters. The van der Waals surface area contributed by atoms with Crippen molar-refractivity contribution in [2.75, 3.05) is 6.54 Å². The molecule has 1 aliphatic heterocycles. The van der Waals surface area contributed by atoms with Gasteiger partial charge < -0.3 is 15.3 Å². The van der Waals surface area contributed by atoms with Crippen LogP contribution in [0.5, 0.6) is 0 Å². The van der Waals surface area contributed by atoms with Gasteiger partial charge >= 0.3 is 12.0 Å². The minimum atomic E-state index is -1.01. The summed E-state index contributed by atoms with van der Waals surface area (Å²) in [6.07, 6.45) is 2.18. The van der Waals surface area contributed by atoms with E-state index in [0.29, 0.717) is 6.54 Å². The molecule has 0 aromatic heterocycles. The molecular formula is C16H22N2O3. The van der Waals surface area contributed by atoms with Crippen molar-refractivity contribution in [1.82, 2.24) is 10.2 Å². The molecule has 2 amide bonds. The van der Waals surface area contributed by atoms with Crippen molar-refractivity contribution in [3.8, 4) is 0 Å². The lowest BCUT2D eigenvalue weighted by atomic mass is 10.0. The van der Waals surface area contributed by atoms with Crippen molar-refractivity contribution in [2.24, 2.45) is 0 Å². The highest BCUT2D eigenvalue weighted by atomic mass is 16.4. The second-order valence-electron chi connectivity index (χ2n) is 6.10. The van der Waals surface area contributed by atoms with Gasteiger partial charge in [-0.25, -0.2) is 9.59 Å². The van der Waals surface area contributed by atoms with Gasteiger partial charge in [0.05, 0.1) is 0 Å². The SMILES string of the molecule is CC1(C)CCCN1C(=O)N[C@@H](Cc1ccccc1)C(=O)O. The van der Waals surface area contributed by atoms with E-state index in [1.807, 2.05) is 44.2 Å². The third-order valence-electron chi connectivity index (χ3n) is 4.02. The van der Waals surface area contributed by atoms with Crippen molar-refractivity contribution >= 4 is 12.0 Å². The molecule has 0 spiro atoms. The quantitative estimate of drug-likeness (QED) is 0.893. The summed E-state index contributed by atoms with van der Waals surface area (Å²) in [5.74, 6) is -1.01. The van der Waals surface area contributed by atoms with Crippen LogP contribution in [-0.4, -0.2) is 40.1 Å².